The summed E-state index contributed by atoms with van der Waals surface area (Å²) in [5.74, 6) is 0.692. The van der Waals surface area contributed by atoms with E-state index in [2.05, 4.69) is 18.8 Å². The lowest BCUT2D eigenvalue weighted by atomic mass is 9.90. The minimum Gasteiger partial charge on any atom is -0.495 e. The maximum absolute atomic E-state index is 13.5. The van der Waals surface area contributed by atoms with Crippen LogP contribution in [0.25, 0.3) is 11.8 Å². The lowest BCUT2D eigenvalue weighted by Crippen LogP contribution is -2.41. The van der Waals surface area contributed by atoms with Crippen LogP contribution in [-0.4, -0.2) is 34.0 Å². The molecule has 1 aromatic heterocycles. The number of ether oxygens (including phenoxy) is 1. The number of carbonyl (C=O) groups excluding carboxylic acids is 1. The zero-order valence-electron chi connectivity index (χ0n) is 19.6. The van der Waals surface area contributed by atoms with E-state index in [9.17, 15) is 9.18 Å². The molecule has 1 amide bonds. The molecule has 0 spiro atoms. The number of aromatic nitrogens is 2. The predicted octanol–water partition coefficient (Wildman–Crippen LogP) is 5.73. The minimum absolute atomic E-state index is 0.0394. The number of methoxy groups -OCH3 is 1. The van der Waals surface area contributed by atoms with Gasteiger partial charge in [0.1, 0.15) is 11.6 Å². The average Bonchev–Trinajstić information content (AvgIpc) is 3.23. The van der Waals surface area contributed by atoms with E-state index in [0.717, 1.165) is 40.9 Å². The minimum atomic E-state index is -0.268. The second-order valence-electron chi connectivity index (χ2n) is 8.87. The first-order valence-electron chi connectivity index (χ1n) is 11.3. The number of aryl methyl sites for hydroxylation is 1. The van der Waals surface area contributed by atoms with Crippen LogP contribution in [0.4, 0.5) is 4.39 Å². The van der Waals surface area contributed by atoms with Gasteiger partial charge in [-0.3, -0.25) is 4.79 Å². The van der Waals surface area contributed by atoms with Crippen molar-refractivity contribution in [2.24, 2.45) is 5.92 Å². The van der Waals surface area contributed by atoms with E-state index >= 15 is 0 Å². The SMILES string of the molecule is COc1cc(C=C2CCCN([C@H](c3ccc(F)cc3)C(C)C)C2=O)ccc1-n1cnc(C)c1. The number of hydrogen-bond acceptors (Lipinski definition) is 3. The van der Waals surface area contributed by atoms with Crippen LogP contribution in [0, 0.1) is 18.7 Å². The van der Waals surface area contributed by atoms with E-state index in [1.165, 1.54) is 12.1 Å². The predicted molar refractivity (Wildman–Crippen MR) is 128 cm³/mol. The fourth-order valence-electron chi connectivity index (χ4n) is 4.57. The molecule has 33 heavy (non-hydrogen) atoms. The van der Waals surface area contributed by atoms with Crippen LogP contribution < -0.4 is 4.74 Å². The van der Waals surface area contributed by atoms with Gasteiger partial charge in [0, 0.05) is 18.3 Å². The number of piperidine rings is 1. The number of benzene rings is 2. The molecule has 0 aliphatic carbocycles. The van der Waals surface area contributed by atoms with Gasteiger partial charge in [-0.2, -0.15) is 0 Å². The van der Waals surface area contributed by atoms with Crippen LogP contribution in [0.5, 0.6) is 5.75 Å². The Morgan fingerprint density at radius 1 is 1.15 bits per heavy atom. The number of hydrogen-bond donors (Lipinski definition) is 0. The van der Waals surface area contributed by atoms with Gasteiger partial charge in [0.15, 0.2) is 0 Å². The molecule has 172 valence electrons. The lowest BCUT2D eigenvalue weighted by Gasteiger charge is -2.38. The summed E-state index contributed by atoms with van der Waals surface area (Å²) in [5.41, 5.74) is 4.48. The first-order valence-corrected chi connectivity index (χ1v) is 11.3. The molecule has 1 aliphatic heterocycles. The number of halogens is 1. The molecule has 1 atom stereocenters. The Morgan fingerprint density at radius 3 is 2.55 bits per heavy atom. The molecule has 6 heteroatoms. The molecule has 0 unspecified atom stereocenters. The normalized spacial score (nSPS) is 16.5. The van der Waals surface area contributed by atoms with Crippen molar-refractivity contribution < 1.29 is 13.9 Å². The maximum Gasteiger partial charge on any atom is 0.250 e. The van der Waals surface area contributed by atoms with E-state index in [1.54, 1.807) is 25.6 Å². The second kappa shape index (κ2) is 9.61. The zero-order valence-corrected chi connectivity index (χ0v) is 19.6. The zero-order chi connectivity index (χ0) is 23.5. The van der Waals surface area contributed by atoms with Gasteiger partial charge in [-0.05, 0) is 67.2 Å². The first kappa shape index (κ1) is 22.8. The van der Waals surface area contributed by atoms with Gasteiger partial charge in [-0.15, -0.1) is 0 Å². The van der Waals surface area contributed by atoms with Crippen LogP contribution in [0.2, 0.25) is 0 Å². The van der Waals surface area contributed by atoms with E-state index in [1.807, 2.05) is 46.9 Å². The molecule has 0 saturated carbocycles. The van der Waals surface area contributed by atoms with Gasteiger partial charge in [-0.1, -0.05) is 32.0 Å². The summed E-state index contributed by atoms with van der Waals surface area (Å²) in [6.45, 7) is 6.83. The third kappa shape index (κ3) is 4.85. The van der Waals surface area contributed by atoms with Gasteiger partial charge >= 0.3 is 0 Å². The van der Waals surface area contributed by atoms with Crippen molar-refractivity contribution in [3.05, 3.63) is 83.2 Å². The van der Waals surface area contributed by atoms with E-state index in [-0.39, 0.29) is 23.7 Å². The van der Waals surface area contributed by atoms with Crippen LogP contribution >= 0.6 is 0 Å². The molecule has 2 aromatic carbocycles. The van der Waals surface area contributed by atoms with Crippen molar-refractivity contribution in [1.82, 2.24) is 14.5 Å². The molecule has 4 rings (SSSR count). The van der Waals surface area contributed by atoms with Gasteiger partial charge in [0.25, 0.3) is 0 Å². The number of rotatable bonds is 6. The quantitative estimate of drug-likeness (QED) is 0.453. The van der Waals surface area contributed by atoms with Crippen molar-refractivity contribution in [3.8, 4) is 11.4 Å². The number of nitrogens with zero attached hydrogens (tertiary/aromatic N) is 3. The molecular weight excluding hydrogens is 417 g/mol. The Balaban J connectivity index is 1.63. The van der Waals surface area contributed by atoms with Crippen LogP contribution in [0.3, 0.4) is 0 Å². The Morgan fingerprint density at radius 2 is 1.91 bits per heavy atom. The third-order valence-electron chi connectivity index (χ3n) is 6.09. The molecule has 1 fully saturated rings. The highest BCUT2D eigenvalue weighted by Gasteiger charge is 2.32. The van der Waals surface area contributed by atoms with E-state index < -0.39 is 0 Å². The molecular formula is C27H30FN3O2. The lowest BCUT2D eigenvalue weighted by molar-refractivity contribution is -0.132. The Labute approximate surface area is 194 Å². The monoisotopic (exact) mass is 447 g/mol. The summed E-state index contributed by atoms with van der Waals surface area (Å²) in [6.07, 6.45) is 7.29. The molecule has 1 aliphatic rings. The van der Waals surface area contributed by atoms with E-state index in [0.29, 0.717) is 12.3 Å². The second-order valence-corrected chi connectivity index (χ2v) is 8.87. The Kier molecular flexibility index (Phi) is 6.63. The highest BCUT2D eigenvalue weighted by molar-refractivity contribution is 5.98. The van der Waals surface area contributed by atoms with Crippen LogP contribution in [0.15, 0.2) is 60.6 Å². The molecule has 2 heterocycles. The summed E-state index contributed by atoms with van der Waals surface area (Å²) in [4.78, 5) is 19.7. The average molecular weight is 448 g/mol. The highest BCUT2D eigenvalue weighted by Crippen LogP contribution is 2.34. The van der Waals surface area contributed by atoms with Crippen molar-refractivity contribution in [3.63, 3.8) is 0 Å². The fraction of sp³-hybridized carbons (Fsp3) is 0.333. The molecule has 0 N–H and O–H groups in total. The topological polar surface area (TPSA) is 47.4 Å². The molecule has 0 radical (unpaired) electrons. The molecule has 1 saturated heterocycles. The first-order chi connectivity index (χ1) is 15.9. The molecule has 0 bridgehead atoms. The van der Waals surface area contributed by atoms with Gasteiger partial charge < -0.3 is 14.2 Å². The summed E-state index contributed by atoms with van der Waals surface area (Å²) < 4.78 is 21.0. The molecule has 3 aromatic rings. The van der Waals surface area contributed by atoms with Crippen molar-refractivity contribution in [2.45, 2.75) is 39.7 Å². The number of likely N-dealkylation sites (tertiary alicyclic amines) is 1. The maximum atomic E-state index is 13.5. The largest absolute Gasteiger partial charge is 0.495 e. The summed E-state index contributed by atoms with van der Waals surface area (Å²) >= 11 is 0. The summed E-state index contributed by atoms with van der Waals surface area (Å²) in [6, 6.07) is 12.3. The highest BCUT2D eigenvalue weighted by atomic mass is 19.1. The Bertz CT molecular complexity index is 1160. The standard InChI is InChI=1S/C27H30FN3O2/c1-18(2)26(21-8-10-23(28)11-9-21)31-13-5-6-22(27(31)32)14-20-7-12-24(25(15-20)33-4)30-16-19(3)29-17-30/h7-12,14-18,26H,5-6,13H2,1-4H3/t26-/m0/s1. The number of carbonyl (C=O) groups is 1. The number of amides is 1. The van der Waals surface area contributed by atoms with Crippen molar-refractivity contribution in [2.75, 3.05) is 13.7 Å². The summed E-state index contributed by atoms with van der Waals surface area (Å²) in [5, 5.41) is 0. The van der Waals surface area contributed by atoms with Crippen molar-refractivity contribution in [1.29, 1.82) is 0 Å². The van der Waals surface area contributed by atoms with E-state index in [4.69, 9.17) is 4.74 Å². The van der Waals surface area contributed by atoms with Gasteiger partial charge in [0.05, 0.1) is 30.9 Å². The van der Waals surface area contributed by atoms with Gasteiger partial charge in [-0.25, -0.2) is 9.37 Å². The third-order valence-corrected chi connectivity index (χ3v) is 6.09. The smallest absolute Gasteiger partial charge is 0.250 e. The van der Waals surface area contributed by atoms with Crippen molar-refractivity contribution >= 4 is 12.0 Å². The Hall–Kier alpha value is -3.41. The van der Waals surface area contributed by atoms with Gasteiger partial charge in [0.2, 0.25) is 5.91 Å². The summed E-state index contributed by atoms with van der Waals surface area (Å²) in [7, 11) is 1.64. The fourth-order valence-corrected chi connectivity index (χ4v) is 4.57. The number of imidazole rings is 1. The molecule has 5 nitrogen and oxygen atoms in total. The van der Waals surface area contributed by atoms with Crippen LogP contribution in [-0.2, 0) is 4.79 Å². The van der Waals surface area contributed by atoms with Crippen LogP contribution in [0.1, 0.15) is 49.6 Å².